The van der Waals surface area contributed by atoms with Crippen LogP contribution < -0.4 is 24.2 Å². The van der Waals surface area contributed by atoms with Crippen LogP contribution in [0, 0.1) is 34.6 Å². The molecule has 358 valence electrons. The summed E-state index contributed by atoms with van der Waals surface area (Å²) in [7, 11) is 0. The van der Waals surface area contributed by atoms with Gasteiger partial charge in [0.25, 0.3) is 0 Å². The number of fused-ring (bicyclic) bond motifs is 3. The molecule has 0 aliphatic heterocycles. The maximum atomic E-state index is 6.53. The minimum atomic E-state index is -0.112. The van der Waals surface area contributed by atoms with Crippen molar-refractivity contribution in [2.75, 3.05) is 14.7 Å². The molecule has 11 rings (SSSR count). The van der Waals surface area contributed by atoms with Crippen LogP contribution >= 0.6 is 0 Å². The average Bonchev–Trinajstić information content (AvgIpc) is 3.62. The zero-order valence-corrected chi connectivity index (χ0v) is 42.6. The molecular formula is C68H59N3O2. The summed E-state index contributed by atoms with van der Waals surface area (Å²) >= 11 is 0. The van der Waals surface area contributed by atoms with Gasteiger partial charge in [0.1, 0.15) is 23.0 Å². The Balaban J connectivity index is 0.817. The molecule has 5 nitrogen and oxygen atoms in total. The Bertz CT molecular complexity index is 3520. The highest BCUT2D eigenvalue weighted by Crippen LogP contribution is 2.51. The van der Waals surface area contributed by atoms with Crippen molar-refractivity contribution in [3.05, 3.63) is 269 Å². The normalized spacial score (nSPS) is 12.2. The van der Waals surface area contributed by atoms with Crippen LogP contribution in [0.1, 0.15) is 52.8 Å². The summed E-state index contributed by atoms with van der Waals surface area (Å²) in [6.45, 7) is 15.4. The van der Waals surface area contributed by atoms with E-state index in [4.69, 9.17) is 9.47 Å². The van der Waals surface area contributed by atoms with Crippen molar-refractivity contribution < 1.29 is 9.47 Å². The molecule has 0 heterocycles. The molecule has 10 aromatic carbocycles. The van der Waals surface area contributed by atoms with Crippen LogP contribution in [0.15, 0.2) is 231 Å². The largest absolute Gasteiger partial charge is 0.457 e. The minimum absolute atomic E-state index is 0.112. The van der Waals surface area contributed by atoms with E-state index >= 15 is 0 Å². The summed E-state index contributed by atoms with van der Waals surface area (Å²) in [6.07, 6.45) is 0. The van der Waals surface area contributed by atoms with Gasteiger partial charge in [0.15, 0.2) is 0 Å². The van der Waals surface area contributed by atoms with Gasteiger partial charge in [0.05, 0.1) is 0 Å². The highest BCUT2D eigenvalue weighted by molar-refractivity contribution is 5.86. The van der Waals surface area contributed by atoms with E-state index in [1.165, 1.54) is 50.1 Å². The van der Waals surface area contributed by atoms with Gasteiger partial charge in [-0.1, -0.05) is 103 Å². The van der Waals surface area contributed by atoms with Gasteiger partial charge in [-0.3, -0.25) is 0 Å². The number of hydrogen-bond donors (Lipinski definition) is 0. The molecule has 1 aliphatic carbocycles. The summed E-state index contributed by atoms with van der Waals surface area (Å²) in [4.78, 5) is 6.87. The molecule has 0 saturated carbocycles. The second-order valence-electron chi connectivity index (χ2n) is 19.9. The highest BCUT2D eigenvalue weighted by Gasteiger charge is 2.36. The Kier molecular flexibility index (Phi) is 12.4. The fourth-order valence-electron chi connectivity index (χ4n) is 10.2. The van der Waals surface area contributed by atoms with E-state index in [0.29, 0.717) is 0 Å². The second-order valence-corrected chi connectivity index (χ2v) is 19.9. The molecule has 0 N–H and O–H groups in total. The maximum absolute atomic E-state index is 6.53. The summed E-state index contributed by atoms with van der Waals surface area (Å²) in [6, 6.07) is 81.7. The van der Waals surface area contributed by atoms with E-state index in [0.717, 1.165) is 74.2 Å². The number of ether oxygens (including phenoxy) is 2. The van der Waals surface area contributed by atoms with Crippen molar-refractivity contribution in [2.24, 2.45) is 0 Å². The quantitative estimate of drug-likeness (QED) is 0.115. The Morgan fingerprint density at radius 1 is 0.260 bits per heavy atom. The Labute approximate surface area is 430 Å². The fourth-order valence-corrected chi connectivity index (χ4v) is 10.2. The molecule has 73 heavy (non-hydrogen) atoms. The van der Waals surface area contributed by atoms with Gasteiger partial charge >= 0.3 is 0 Å². The van der Waals surface area contributed by atoms with Gasteiger partial charge in [0.2, 0.25) is 0 Å². The molecule has 1 aliphatic rings. The number of nitrogens with zero attached hydrogens (tertiary/aromatic N) is 3. The third kappa shape index (κ3) is 9.58. The number of hydrogen-bond acceptors (Lipinski definition) is 5. The smallest absolute Gasteiger partial charge is 0.127 e. The van der Waals surface area contributed by atoms with Gasteiger partial charge in [-0.05, 0) is 226 Å². The third-order valence-corrected chi connectivity index (χ3v) is 14.0. The second kappa shape index (κ2) is 19.4. The number of rotatable bonds is 13. The molecule has 5 heteroatoms. The van der Waals surface area contributed by atoms with Crippen molar-refractivity contribution in [3.63, 3.8) is 0 Å². The topological polar surface area (TPSA) is 28.2 Å². The number of anilines is 9. The lowest BCUT2D eigenvalue weighted by atomic mass is 9.82. The van der Waals surface area contributed by atoms with Crippen LogP contribution in [0.25, 0.3) is 11.1 Å². The molecule has 0 amide bonds. The molecule has 0 fully saturated rings. The van der Waals surface area contributed by atoms with Gasteiger partial charge in [-0.25, -0.2) is 0 Å². The first kappa shape index (κ1) is 46.6. The Morgan fingerprint density at radius 3 is 0.918 bits per heavy atom. The van der Waals surface area contributed by atoms with E-state index in [-0.39, 0.29) is 5.41 Å². The van der Waals surface area contributed by atoms with Crippen molar-refractivity contribution in [2.45, 2.75) is 53.9 Å². The van der Waals surface area contributed by atoms with Gasteiger partial charge in [-0.15, -0.1) is 0 Å². The monoisotopic (exact) mass is 949 g/mol. The zero-order valence-electron chi connectivity index (χ0n) is 42.6. The summed E-state index contributed by atoms with van der Waals surface area (Å²) < 4.78 is 13.0. The standard InChI is InChI=1S/C68H59N3O2/c1-46-14-19-51(20-15-46)69(52-21-16-47(2)17-22-52)53-23-32-60(33-24-53)72-61-34-25-54(26-35-61)70(57-12-8-10-48(3)42-57)55-27-36-62(37-28-55)73-63-38-29-56(30-39-63)71(58-13-9-11-49(4)43-58)59-31-41-65-64-40-18-50(5)44-66(64)68(6,7)67(65)45-59/h8-45H,1-7H3. The van der Waals surface area contributed by atoms with Crippen molar-refractivity contribution in [1.29, 1.82) is 0 Å². The first-order chi connectivity index (χ1) is 35.4. The molecular weight excluding hydrogens is 891 g/mol. The maximum Gasteiger partial charge on any atom is 0.127 e. The first-order valence-electron chi connectivity index (χ1n) is 25.1. The van der Waals surface area contributed by atoms with E-state index in [1.807, 2.05) is 36.4 Å². The summed E-state index contributed by atoms with van der Waals surface area (Å²) in [5.74, 6) is 3.03. The molecule has 0 spiro atoms. The molecule has 0 bridgehead atoms. The van der Waals surface area contributed by atoms with Gasteiger partial charge in [0, 0.05) is 56.6 Å². The number of aryl methyl sites for hydroxylation is 5. The predicted molar refractivity (Wildman–Crippen MR) is 305 cm³/mol. The van der Waals surface area contributed by atoms with E-state index < -0.39 is 0 Å². The molecule has 10 aromatic rings. The predicted octanol–water partition coefficient (Wildman–Crippen LogP) is 19.5. The first-order valence-corrected chi connectivity index (χ1v) is 25.1. The van der Waals surface area contributed by atoms with E-state index in [2.05, 4.69) is 257 Å². The lowest BCUT2D eigenvalue weighted by Crippen LogP contribution is -2.16. The van der Waals surface area contributed by atoms with Crippen molar-refractivity contribution in [3.8, 4) is 34.1 Å². The van der Waals surface area contributed by atoms with Crippen molar-refractivity contribution in [1.82, 2.24) is 0 Å². The molecule has 0 atom stereocenters. The lowest BCUT2D eigenvalue weighted by molar-refractivity contribution is 0.482. The minimum Gasteiger partial charge on any atom is -0.457 e. The van der Waals surface area contributed by atoms with E-state index in [1.54, 1.807) is 0 Å². The van der Waals surface area contributed by atoms with Crippen LogP contribution in [0.4, 0.5) is 51.2 Å². The highest BCUT2D eigenvalue weighted by atomic mass is 16.5. The van der Waals surface area contributed by atoms with Crippen LogP contribution in [-0.4, -0.2) is 0 Å². The van der Waals surface area contributed by atoms with Gasteiger partial charge < -0.3 is 24.2 Å². The van der Waals surface area contributed by atoms with Crippen LogP contribution in [0.3, 0.4) is 0 Å². The summed E-state index contributed by atoms with van der Waals surface area (Å²) in [5, 5.41) is 0. The third-order valence-electron chi connectivity index (χ3n) is 14.0. The van der Waals surface area contributed by atoms with Gasteiger partial charge in [-0.2, -0.15) is 0 Å². The Morgan fingerprint density at radius 2 is 0.534 bits per heavy atom. The number of benzene rings is 10. The van der Waals surface area contributed by atoms with Crippen molar-refractivity contribution >= 4 is 51.2 Å². The molecule has 0 saturated heterocycles. The van der Waals surface area contributed by atoms with Crippen LogP contribution in [0.2, 0.25) is 0 Å². The summed E-state index contributed by atoms with van der Waals surface area (Å²) in [5.41, 5.74) is 21.0. The van der Waals surface area contributed by atoms with Crippen LogP contribution in [0.5, 0.6) is 23.0 Å². The Hall–Kier alpha value is -8.80. The average molecular weight is 950 g/mol. The van der Waals surface area contributed by atoms with Crippen LogP contribution in [-0.2, 0) is 5.41 Å². The van der Waals surface area contributed by atoms with E-state index in [9.17, 15) is 0 Å². The SMILES string of the molecule is Cc1ccc(N(c2ccc(C)cc2)c2ccc(Oc3ccc(N(c4ccc(Oc5ccc(N(c6cccc(C)c6)c6ccc7c(c6)C(C)(C)c6cc(C)ccc6-7)cc5)cc4)c4cccc(C)c4)cc3)cc2)cc1. The lowest BCUT2D eigenvalue weighted by Gasteiger charge is -2.28. The zero-order chi connectivity index (χ0) is 50.2. The fraction of sp³-hybridized carbons (Fsp3) is 0.118. The molecule has 0 radical (unpaired) electrons. The molecule has 0 unspecified atom stereocenters. The molecule has 0 aromatic heterocycles.